The molecule has 0 N–H and O–H groups in total. The van der Waals surface area contributed by atoms with Gasteiger partial charge in [-0.05, 0) is 55.8 Å². The Bertz CT molecular complexity index is 994. The van der Waals surface area contributed by atoms with E-state index in [1.54, 1.807) is 4.68 Å². The summed E-state index contributed by atoms with van der Waals surface area (Å²) >= 11 is 0. The van der Waals surface area contributed by atoms with Gasteiger partial charge >= 0.3 is 0 Å². The quantitative estimate of drug-likeness (QED) is 0.615. The van der Waals surface area contributed by atoms with Crippen LogP contribution < -0.4 is 0 Å². The zero-order chi connectivity index (χ0) is 20.2. The predicted octanol–water partition coefficient (Wildman–Crippen LogP) is 3.21. The Hall–Kier alpha value is -2.67. The molecule has 2 aromatic heterocycles. The van der Waals surface area contributed by atoms with Gasteiger partial charge in [-0.2, -0.15) is 0 Å². The summed E-state index contributed by atoms with van der Waals surface area (Å²) in [4.78, 5) is 19.2. The summed E-state index contributed by atoms with van der Waals surface area (Å²) < 4.78 is 14.2. The predicted molar refractivity (Wildman–Crippen MR) is 110 cm³/mol. The molecule has 0 atom stereocenters. The van der Waals surface area contributed by atoms with E-state index in [-0.39, 0.29) is 12.5 Å². The molecule has 0 radical (unpaired) electrons. The van der Waals surface area contributed by atoms with Gasteiger partial charge in [0.15, 0.2) is 5.78 Å². The first kappa shape index (κ1) is 19.6. The van der Waals surface area contributed by atoms with E-state index in [1.807, 2.05) is 37.6 Å². The van der Waals surface area contributed by atoms with E-state index in [4.69, 9.17) is 0 Å². The summed E-state index contributed by atoms with van der Waals surface area (Å²) in [5.74, 6) is 0.642. The molecule has 4 rings (SSSR count). The van der Waals surface area contributed by atoms with Crippen LogP contribution in [-0.2, 0) is 18.3 Å². The number of carbonyl (C=O) groups is 1. The van der Waals surface area contributed by atoms with Gasteiger partial charge in [0.25, 0.3) is 0 Å². The Morgan fingerprint density at radius 1 is 1.21 bits per heavy atom. The Balaban J connectivity index is 1.40. The van der Waals surface area contributed by atoms with Gasteiger partial charge in [0.1, 0.15) is 5.69 Å². The van der Waals surface area contributed by atoms with Crippen LogP contribution in [0.15, 0.2) is 36.7 Å². The first-order valence-electron chi connectivity index (χ1n) is 10.2. The minimum Gasteiger partial charge on any atom is -0.298 e. The van der Waals surface area contributed by atoms with Crippen LogP contribution >= 0.6 is 0 Å². The summed E-state index contributed by atoms with van der Waals surface area (Å²) in [6.45, 7) is 1.96. The number of hydrogen-bond acceptors (Lipinski definition) is 5. The summed E-state index contributed by atoms with van der Waals surface area (Å²) in [6, 6.07) is 8.07. The van der Waals surface area contributed by atoms with E-state index >= 15 is 0 Å². The van der Waals surface area contributed by atoms with Crippen molar-refractivity contribution >= 4 is 16.6 Å². The largest absolute Gasteiger partial charge is 0.298 e. The summed E-state index contributed by atoms with van der Waals surface area (Å²) in [5, 5.41) is 10.2. The Kier molecular flexibility index (Phi) is 5.94. The fourth-order valence-electron chi connectivity index (χ4n) is 4.02. The summed E-state index contributed by atoms with van der Waals surface area (Å²) in [6.07, 6.45) is 6.65. The van der Waals surface area contributed by atoms with Gasteiger partial charge in [-0.15, -0.1) is 5.10 Å². The van der Waals surface area contributed by atoms with Crippen molar-refractivity contribution in [2.45, 2.75) is 25.7 Å². The number of piperidine rings is 1. The molecule has 0 amide bonds. The molecular weight excluding hydrogens is 369 g/mol. The zero-order valence-electron chi connectivity index (χ0n) is 16.7. The molecule has 29 heavy (non-hydrogen) atoms. The van der Waals surface area contributed by atoms with Crippen LogP contribution in [0, 0.1) is 5.92 Å². The SMILES string of the molecule is Cn1cc(-c2ccc3cnc(CC(=O)CN4CCC(CCF)CC4)cc3c2)nn1. The van der Waals surface area contributed by atoms with Crippen LogP contribution in [0.1, 0.15) is 25.0 Å². The first-order chi connectivity index (χ1) is 14.1. The molecule has 1 aliphatic rings. The van der Waals surface area contributed by atoms with E-state index < -0.39 is 0 Å². The number of rotatable bonds is 7. The van der Waals surface area contributed by atoms with Crippen molar-refractivity contribution in [3.05, 3.63) is 42.4 Å². The molecule has 0 aliphatic carbocycles. The monoisotopic (exact) mass is 395 g/mol. The van der Waals surface area contributed by atoms with E-state index in [2.05, 4.69) is 26.3 Å². The van der Waals surface area contributed by atoms with Crippen LogP contribution in [0.2, 0.25) is 0 Å². The van der Waals surface area contributed by atoms with E-state index in [0.29, 0.717) is 25.3 Å². The highest BCUT2D eigenvalue weighted by molar-refractivity contribution is 5.88. The number of fused-ring (bicyclic) bond motifs is 1. The van der Waals surface area contributed by atoms with Crippen LogP contribution in [-0.4, -0.2) is 57.0 Å². The van der Waals surface area contributed by atoms with Gasteiger partial charge in [0, 0.05) is 29.9 Å². The van der Waals surface area contributed by atoms with E-state index in [1.165, 1.54) is 0 Å². The first-order valence-corrected chi connectivity index (χ1v) is 10.2. The van der Waals surface area contributed by atoms with Gasteiger partial charge in [-0.1, -0.05) is 17.3 Å². The van der Waals surface area contributed by atoms with Gasteiger partial charge in [0.2, 0.25) is 0 Å². The van der Waals surface area contributed by atoms with Crippen molar-refractivity contribution in [3.63, 3.8) is 0 Å². The maximum absolute atomic E-state index is 12.6. The van der Waals surface area contributed by atoms with Crippen molar-refractivity contribution < 1.29 is 9.18 Å². The number of pyridine rings is 1. The zero-order valence-corrected chi connectivity index (χ0v) is 16.7. The molecule has 3 heterocycles. The minimum atomic E-state index is -0.240. The van der Waals surface area contributed by atoms with Gasteiger partial charge in [0.05, 0.1) is 25.8 Å². The van der Waals surface area contributed by atoms with Crippen LogP contribution in [0.25, 0.3) is 22.0 Å². The fourth-order valence-corrected chi connectivity index (χ4v) is 4.02. The molecule has 0 saturated carbocycles. The van der Waals surface area contributed by atoms with E-state index in [0.717, 1.165) is 53.7 Å². The topological polar surface area (TPSA) is 63.9 Å². The number of alkyl halides is 1. The Labute approximate surface area is 169 Å². The number of nitrogens with zero attached hydrogens (tertiary/aromatic N) is 5. The molecule has 1 aromatic carbocycles. The Morgan fingerprint density at radius 2 is 2.03 bits per heavy atom. The lowest BCUT2D eigenvalue weighted by molar-refractivity contribution is -0.120. The number of hydrogen-bond donors (Lipinski definition) is 0. The second-order valence-corrected chi connectivity index (χ2v) is 7.93. The molecule has 1 saturated heterocycles. The second-order valence-electron chi connectivity index (χ2n) is 7.93. The molecule has 1 aliphatic heterocycles. The number of halogens is 1. The average Bonchev–Trinajstić information content (AvgIpc) is 3.15. The van der Waals surface area contributed by atoms with Crippen molar-refractivity contribution in [1.82, 2.24) is 24.9 Å². The maximum Gasteiger partial charge on any atom is 0.152 e. The number of aromatic nitrogens is 4. The smallest absolute Gasteiger partial charge is 0.152 e. The maximum atomic E-state index is 12.6. The molecule has 0 spiro atoms. The molecule has 1 fully saturated rings. The van der Waals surface area contributed by atoms with Gasteiger partial charge in [-0.3, -0.25) is 23.8 Å². The highest BCUT2D eigenvalue weighted by Gasteiger charge is 2.20. The minimum absolute atomic E-state index is 0.172. The third kappa shape index (κ3) is 4.85. The highest BCUT2D eigenvalue weighted by atomic mass is 19.1. The van der Waals surface area contributed by atoms with Crippen molar-refractivity contribution in [2.75, 3.05) is 26.3 Å². The number of likely N-dealkylation sites (tertiary alicyclic amines) is 1. The normalized spacial score (nSPS) is 15.8. The fraction of sp³-hybridized carbons (Fsp3) is 0.455. The Morgan fingerprint density at radius 3 is 2.76 bits per heavy atom. The summed E-state index contributed by atoms with van der Waals surface area (Å²) in [7, 11) is 1.84. The number of carbonyl (C=O) groups excluding carboxylic acids is 1. The number of aryl methyl sites for hydroxylation is 1. The van der Waals surface area contributed by atoms with Gasteiger partial charge < -0.3 is 0 Å². The van der Waals surface area contributed by atoms with Gasteiger partial charge in [-0.25, -0.2) is 0 Å². The molecule has 0 unspecified atom stereocenters. The number of Topliss-reactive ketones (excluding diaryl/α,β-unsaturated/α-hetero) is 1. The third-order valence-corrected chi connectivity index (χ3v) is 5.68. The lowest BCUT2D eigenvalue weighted by Gasteiger charge is -2.30. The molecular formula is C22H26FN5O. The number of ketones is 1. The van der Waals surface area contributed by atoms with Crippen LogP contribution in [0.5, 0.6) is 0 Å². The average molecular weight is 395 g/mol. The lowest BCUT2D eigenvalue weighted by Crippen LogP contribution is -2.38. The van der Waals surface area contributed by atoms with Crippen molar-refractivity contribution in [2.24, 2.45) is 13.0 Å². The third-order valence-electron chi connectivity index (χ3n) is 5.68. The summed E-state index contributed by atoms with van der Waals surface area (Å²) in [5.41, 5.74) is 2.59. The second kappa shape index (κ2) is 8.78. The molecule has 0 bridgehead atoms. The molecule has 152 valence electrons. The van der Waals surface area contributed by atoms with Crippen LogP contribution in [0.4, 0.5) is 4.39 Å². The lowest BCUT2D eigenvalue weighted by atomic mass is 9.94. The van der Waals surface area contributed by atoms with Crippen molar-refractivity contribution in [1.29, 1.82) is 0 Å². The standard InChI is InChI=1S/C22H26FN5O/c1-27-15-22(25-26-27)17-2-3-18-13-24-20(11-19(18)10-17)12-21(29)14-28-8-5-16(4-7-23)6-9-28/h2-3,10-11,13,15-16H,4-9,12,14H2,1H3. The van der Waals surface area contributed by atoms with Crippen molar-refractivity contribution in [3.8, 4) is 11.3 Å². The molecule has 6 nitrogen and oxygen atoms in total. The number of benzene rings is 1. The molecule has 7 heteroatoms. The van der Waals surface area contributed by atoms with Crippen LogP contribution in [0.3, 0.4) is 0 Å². The molecule has 3 aromatic rings. The van der Waals surface area contributed by atoms with E-state index in [9.17, 15) is 9.18 Å². The highest BCUT2D eigenvalue weighted by Crippen LogP contribution is 2.23.